The highest BCUT2D eigenvalue weighted by atomic mass is 35.5. The minimum Gasteiger partial charge on any atom is -0.464 e. The van der Waals surface area contributed by atoms with Crippen LogP contribution in [0.1, 0.15) is 35.4 Å². The van der Waals surface area contributed by atoms with Crippen LogP contribution in [0.15, 0.2) is 71.8 Å². The first-order chi connectivity index (χ1) is 14.5. The number of fused-ring (bicyclic) bond motifs is 3. The molecule has 6 nitrogen and oxygen atoms in total. The largest absolute Gasteiger partial charge is 0.464 e. The summed E-state index contributed by atoms with van der Waals surface area (Å²) in [5.41, 5.74) is 3.38. The smallest absolute Gasteiger partial charge is 0.288 e. The lowest BCUT2D eigenvalue weighted by molar-refractivity contribution is -0.384. The Kier molecular flexibility index (Phi) is 4.60. The van der Waals surface area contributed by atoms with Crippen molar-refractivity contribution in [2.24, 2.45) is 5.10 Å². The van der Waals surface area contributed by atoms with Crippen LogP contribution in [0.25, 0.3) is 0 Å². The summed E-state index contributed by atoms with van der Waals surface area (Å²) in [6.07, 6.45) is 0.0828. The van der Waals surface area contributed by atoms with Gasteiger partial charge < -0.3 is 4.74 Å². The Bertz CT molecular complexity index is 1180. The molecule has 0 N–H and O–H groups in total. The van der Waals surface area contributed by atoms with Crippen molar-refractivity contribution < 1.29 is 9.66 Å². The highest BCUT2D eigenvalue weighted by Gasteiger charge is 2.41. The Morgan fingerprint density at radius 3 is 2.60 bits per heavy atom. The summed E-state index contributed by atoms with van der Waals surface area (Å²) in [5.74, 6) is 0.744. The van der Waals surface area contributed by atoms with Gasteiger partial charge in [0.1, 0.15) is 10.8 Å². The lowest BCUT2D eigenvalue weighted by Gasteiger charge is -2.38. The second-order valence-electron chi connectivity index (χ2n) is 7.13. The molecule has 8 heteroatoms. The van der Waals surface area contributed by atoms with Crippen molar-refractivity contribution in [2.75, 3.05) is 0 Å². The molecule has 0 spiro atoms. The van der Waals surface area contributed by atoms with E-state index in [2.05, 4.69) is 0 Å². The molecule has 0 unspecified atom stereocenters. The van der Waals surface area contributed by atoms with E-state index in [0.29, 0.717) is 17.0 Å². The van der Waals surface area contributed by atoms with Gasteiger partial charge in [0.25, 0.3) is 5.69 Å². The second-order valence-corrected chi connectivity index (χ2v) is 7.97. The number of para-hydroxylation sites is 1. The van der Waals surface area contributed by atoms with E-state index in [-0.39, 0.29) is 16.8 Å². The molecule has 0 bridgehead atoms. The number of hydrogen-bond acceptors (Lipinski definition) is 5. The zero-order valence-electron chi connectivity index (χ0n) is 15.5. The minimum absolute atomic E-state index is 0.0413. The van der Waals surface area contributed by atoms with Gasteiger partial charge in [-0.25, -0.2) is 5.01 Å². The summed E-state index contributed by atoms with van der Waals surface area (Å²) in [7, 11) is 0. The number of nitro groups is 1. The van der Waals surface area contributed by atoms with E-state index in [9.17, 15) is 10.1 Å². The summed E-state index contributed by atoms with van der Waals surface area (Å²) < 4.78 is 6.24. The second kappa shape index (κ2) is 7.31. The van der Waals surface area contributed by atoms with E-state index >= 15 is 0 Å². The predicted octanol–water partition coefficient (Wildman–Crippen LogP) is 6.14. The third-order valence-electron chi connectivity index (χ3n) is 5.33. The molecule has 0 amide bonds. The molecule has 3 aromatic carbocycles. The van der Waals surface area contributed by atoms with Gasteiger partial charge in [0, 0.05) is 28.6 Å². The highest BCUT2D eigenvalue weighted by Crippen LogP contribution is 2.48. The van der Waals surface area contributed by atoms with Crippen LogP contribution in [-0.2, 0) is 0 Å². The summed E-state index contributed by atoms with van der Waals surface area (Å²) in [6, 6.07) is 20.0. The van der Waals surface area contributed by atoms with Gasteiger partial charge in [-0.05, 0) is 29.8 Å². The van der Waals surface area contributed by atoms with Crippen LogP contribution in [0.3, 0.4) is 0 Å². The summed E-state index contributed by atoms with van der Waals surface area (Å²) >= 11 is 12.0. The maximum Gasteiger partial charge on any atom is 0.288 e. The van der Waals surface area contributed by atoms with E-state index in [1.165, 1.54) is 12.1 Å². The average Bonchev–Trinajstić information content (AvgIpc) is 3.19. The van der Waals surface area contributed by atoms with Crippen molar-refractivity contribution in [2.45, 2.75) is 18.7 Å². The first-order valence-electron chi connectivity index (χ1n) is 9.32. The van der Waals surface area contributed by atoms with E-state index in [4.69, 9.17) is 33.0 Å². The summed E-state index contributed by atoms with van der Waals surface area (Å²) in [4.78, 5) is 10.9. The fourth-order valence-corrected chi connectivity index (χ4v) is 4.21. The van der Waals surface area contributed by atoms with Crippen molar-refractivity contribution in [3.63, 3.8) is 0 Å². The first-order valence-corrected chi connectivity index (χ1v) is 10.1. The molecule has 0 aromatic heterocycles. The van der Waals surface area contributed by atoms with Crippen LogP contribution in [-0.4, -0.2) is 15.6 Å². The van der Waals surface area contributed by atoms with Gasteiger partial charge in [-0.3, -0.25) is 10.1 Å². The molecule has 0 aliphatic carbocycles. The lowest BCUT2D eigenvalue weighted by Crippen LogP contribution is -2.33. The van der Waals surface area contributed by atoms with Crippen LogP contribution in [0.4, 0.5) is 5.69 Å². The molecule has 5 rings (SSSR count). The van der Waals surface area contributed by atoms with Crippen molar-refractivity contribution in [1.82, 2.24) is 5.01 Å². The Labute approximate surface area is 182 Å². The SMILES string of the molecule is O=[N+]([O-])c1cc([C@H]2Oc3ccccc3[C@@H]3CC(c4ccc(Cl)cc4)=NN23)ccc1Cl. The number of nitro benzene ring substituents is 1. The van der Waals surface area contributed by atoms with Gasteiger partial charge in [0.05, 0.1) is 16.7 Å². The molecule has 3 aromatic rings. The molecular formula is C22H15Cl2N3O3. The molecule has 2 aliphatic rings. The van der Waals surface area contributed by atoms with Gasteiger partial charge in [0.2, 0.25) is 6.23 Å². The lowest BCUT2D eigenvalue weighted by atomic mass is 9.96. The van der Waals surface area contributed by atoms with E-state index in [1.54, 1.807) is 6.07 Å². The van der Waals surface area contributed by atoms with Crippen molar-refractivity contribution in [1.29, 1.82) is 0 Å². The third kappa shape index (κ3) is 3.18. The Balaban J connectivity index is 1.60. The Hall–Kier alpha value is -3.09. The molecule has 2 heterocycles. The molecule has 0 radical (unpaired) electrons. The van der Waals surface area contributed by atoms with Crippen molar-refractivity contribution in [3.8, 4) is 5.75 Å². The molecule has 30 heavy (non-hydrogen) atoms. The quantitative estimate of drug-likeness (QED) is 0.362. The number of benzene rings is 3. The zero-order valence-corrected chi connectivity index (χ0v) is 17.0. The van der Waals surface area contributed by atoms with Crippen LogP contribution in [0.5, 0.6) is 5.75 Å². The third-order valence-corrected chi connectivity index (χ3v) is 5.90. The summed E-state index contributed by atoms with van der Waals surface area (Å²) in [5, 5.41) is 18.8. The number of nitrogens with zero attached hydrogens (tertiary/aromatic N) is 3. The average molecular weight is 440 g/mol. The maximum atomic E-state index is 11.4. The van der Waals surface area contributed by atoms with Crippen LogP contribution >= 0.6 is 23.2 Å². The molecule has 0 fully saturated rings. The molecular weight excluding hydrogens is 425 g/mol. The zero-order chi connectivity index (χ0) is 20.8. The predicted molar refractivity (Wildman–Crippen MR) is 115 cm³/mol. The van der Waals surface area contributed by atoms with Crippen LogP contribution in [0, 0.1) is 10.1 Å². The Morgan fingerprint density at radius 2 is 1.83 bits per heavy atom. The van der Waals surface area contributed by atoms with Gasteiger partial charge in [-0.2, -0.15) is 5.10 Å². The summed E-state index contributed by atoms with van der Waals surface area (Å²) in [6.45, 7) is 0. The van der Waals surface area contributed by atoms with Crippen LogP contribution < -0.4 is 4.74 Å². The molecule has 2 atom stereocenters. The Morgan fingerprint density at radius 1 is 1.07 bits per heavy atom. The molecule has 0 saturated carbocycles. The maximum absolute atomic E-state index is 11.4. The highest BCUT2D eigenvalue weighted by molar-refractivity contribution is 6.32. The van der Waals surface area contributed by atoms with Gasteiger partial charge in [-0.1, -0.05) is 59.6 Å². The standard InChI is InChI=1S/C22H15Cl2N3O3/c23-15-8-5-13(6-9-15)18-12-19-16-3-1-2-4-21(16)30-22(26(19)25-18)14-7-10-17(24)20(11-14)27(28)29/h1-11,19,22H,12H2/t19-,22+/m0/s1. The van der Waals surface area contributed by atoms with Crippen molar-refractivity contribution in [3.05, 3.63) is 104 Å². The van der Waals surface area contributed by atoms with E-state index in [1.807, 2.05) is 53.5 Å². The molecule has 2 aliphatic heterocycles. The number of halogens is 2. The fraction of sp³-hybridized carbons (Fsp3) is 0.136. The topological polar surface area (TPSA) is 68.0 Å². The minimum atomic E-state index is -0.606. The van der Waals surface area contributed by atoms with Gasteiger partial charge >= 0.3 is 0 Å². The molecule has 150 valence electrons. The fourth-order valence-electron chi connectivity index (χ4n) is 3.89. The normalized spacial score (nSPS) is 19.5. The van der Waals surface area contributed by atoms with Crippen LogP contribution in [0.2, 0.25) is 10.0 Å². The first kappa shape index (κ1) is 18.9. The number of hydrazone groups is 1. The van der Waals surface area contributed by atoms with Crippen molar-refractivity contribution >= 4 is 34.6 Å². The van der Waals surface area contributed by atoms with E-state index < -0.39 is 11.2 Å². The monoisotopic (exact) mass is 439 g/mol. The van der Waals surface area contributed by atoms with E-state index in [0.717, 1.165) is 22.6 Å². The number of ether oxygens (including phenoxy) is 1. The van der Waals surface area contributed by atoms with Gasteiger partial charge in [-0.15, -0.1) is 0 Å². The number of hydrogen-bond donors (Lipinski definition) is 0. The number of rotatable bonds is 3. The van der Waals surface area contributed by atoms with Gasteiger partial charge in [0.15, 0.2) is 0 Å². The molecule has 0 saturated heterocycles.